The second kappa shape index (κ2) is 7.62. The molecule has 0 aliphatic rings. The Hall–Kier alpha value is -2.32. The van der Waals surface area contributed by atoms with Crippen LogP contribution >= 0.6 is 11.6 Å². The van der Waals surface area contributed by atoms with Crippen molar-refractivity contribution < 1.29 is 13.6 Å². The maximum absolute atomic E-state index is 13.8. The number of halogens is 2. The monoisotopic (exact) mass is 320 g/mol. The second-order valence-corrected chi connectivity index (χ2v) is 5.09. The van der Waals surface area contributed by atoms with Gasteiger partial charge in [-0.15, -0.1) is 0 Å². The van der Waals surface area contributed by atoms with E-state index in [1.807, 2.05) is 6.07 Å². The average molecular weight is 321 g/mol. The summed E-state index contributed by atoms with van der Waals surface area (Å²) in [6, 6.07) is 9.75. The third kappa shape index (κ3) is 4.09. The molecule has 0 bridgehead atoms. The lowest BCUT2D eigenvalue weighted by Crippen LogP contribution is -2.32. The Balaban J connectivity index is 2.13. The minimum absolute atomic E-state index is 0.155. The lowest BCUT2D eigenvalue weighted by atomic mass is 10.1. The van der Waals surface area contributed by atoms with Gasteiger partial charge in [0.15, 0.2) is 0 Å². The normalized spacial score (nSPS) is 10.2. The number of hydrogen-bond donors (Lipinski definition) is 0. The van der Waals surface area contributed by atoms with Crippen molar-refractivity contribution in [2.24, 2.45) is 0 Å². The Labute approximate surface area is 132 Å². The summed E-state index contributed by atoms with van der Waals surface area (Å²) in [6.45, 7) is 0.488. The van der Waals surface area contributed by atoms with Crippen LogP contribution in [0.15, 0.2) is 41.0 Å². The van der Waals surface area contributed by atoms with Gasteiger partial charge in [0, 0.05) is 17.1 Å². The Morgan fingerprint density at radius 1 is 1.36 bits per heavy atom. The first-order chi connectivity index (χ1) is 10.6. The molecule has 6 heteroatoms. The minimum Gasteiger partial charge on any atom is -0.467 e. The van der Waals surface area contributed by atoms with Gasteiger partial charge in [-0.05, 0) is 24.3 Å². The van der Waals surface area contributed by atoms with Crippen molar-refractivity contribution in [3.05, 3.63) is 58.8 Å². The molecule has 1 aromatic carbocycles. The molecule has 2 rings (SSSR count). The van der Waals surface area contributed by atoms with E-state index >= 15 is 0 Å². The van der Waals surface area contributed by atoms with Gasteiger partial charge in [-0.3, -0.25) is 4.79 Å². The first kappa shape index (κ1) is 16.1. The second-order valence-electron chi connectivity index (χ2n) is 4.68. The smallest absolute Gasteiger partial charge is 0.227 e. The zero-order chi connectivity index (χ0) is 15.9. The van der Waals surface area contributed by atoms with Crippen molar-refractivity contribution in [2.75, 3.05) is 6.54 Å². The van der Waals surface area contributed by atoms with Crippen LogP contribution in [-0.4, -0.2) is 17.4 Å². The highest BCUT2D eigenvalue weighted by molar-refractivity contribution is 6.31. The lowest BCUT2D eigenvalue weighted by Gasteiger charge is -2.21. The predicted molar refractivity (Wildman–Crippen MR) is 79.5 cm³/mol. The van der Waals surface area contributed by atoms with E-state index in [0.717, 1.165) is 0 Å². The minimum atomic E-state index is -0.515. The molecule has 0 aliphatic carbocycles. The molecular formula is C16H14ClFN2O2. The van der Waals surface area contributed by atoms with Gasteiger partial charge in [0.2, 0.25) is 5.91 Å². The van der Waals surface area contributed by atoms with Gasteiger partial charge in [-0.2, -0.15) is 5.26 Å². The first-order valence-corrected chi connectivity index (χ1v) is 7.09. The van der Waals surface area contributed by atoms with E-state index in [9.17, 15) is 9.18 Å². The number of nitrogens with zero attached hydrogens (tertiary/aromatic N) is 2. The molecule has 114 valence electrons. The standard InChI is InChI=1S/C16H14ClFN2O2/c17-14-5-1-6-15(18)13(14)10-16(21)20(8-3-7-19)11-12-4-2-9-22-12/h1-2,4-6,9H,3,8,10-11H2. The number of carbonyl (C=O) groups excluding carboxylic acids is 1. The van der Waals surface area contributed by atoms with Crippen molar-refractivity contribution in [3.63, 3.8) is 0 Å². The van der Waals surface area contributed by atoms with Crippen molar-refractivity contribution in [1.82, 2.24) is 4.90 Å². The average Bonchev–Trinajstić information content (AvgIpc) is 3.00. The van der Waals surface area contributed by atoms with E-state index < -0.39 is 5.82 Å². The molecule has 22 heavy (non-hydrogen) atoms. The van der Waals surface area contributed by atoms with Gasteiger partial charge in [0.05, 0.1) is 31.7 Å². The fourth-order valence-corrected chi connectivity index (χ4v) is 2.26. The summed E-state index contributed by atoms with van der Waals surface area (Å²) >= 11 is 5.94. The molecule has 1 aromatic heterocycles. The van der Waals surface area contributed by atoms with Crippen LogP contribution in [0, 0.1) is 17.1 Å². The van der Waals surface area contributed by atoms with Crippen molar-refractivity contribution in [3.8, 4) is 6.07 Å². The summed E-state index contributed by atoms with van der Waals surface area (Å²) in [6.07, 6.45) is 1.55. The lowest BCUT2D eigenvalue weighted by molar-refractivity contribution is -0.131. The van der Waals surface area contributed by atoms with Gasteiger partial charge in [0.25, 0.3) is 0 Å². The SMILES string of the molecule is N#CCCN(Cc1ccco1)C(=O)Cc1c(F)cccc1Cl. The fraction of sp³-hybridized carbons (Fsp3) is 0.250. The first-order valence-electron chi connectivity index (χ1n) is 6.72. The summed E-state index contributed by atoms with van der Waals surface area (Å²) in [5.41, 5.74) is 0.163. The fourth-order valence-electron chi connectivity index (χ4n) is 2.03. The molecule has 0 saturated heterocycles. The topological polar surface area (TPSA) is 57.2 Å². The molecule has 1 amide bonds. The molecule has 0 saturated carbocycles. The highest BCUT2D eigenvalue weighted by atomic mass is 35.5. The van der Waals surface area contributed by atoms with Crippen LogP contribution in [0.25, 0.3) is 0 Å². The van der Waals surface area contributed by atoms with Crippen LogP contribution in [0.4, 0.5) is 4.39 Å². The molecule has 0 atom stereocenters. The number of nitriles is 1. The Kier molecular flexibility index (Phi) is 5.56. The third-order valence-corrected chi connectivity index (χ3v) is 3.52. The summed E-state index contributed by atoms with van der Waals surface area (Å²) in [5, 5.41) is 8.92. The van der Waals surface area contributed by atoms with Gasteiger partial charge < -0.3 is 9.32 Å². The van der Waals surface area contributed by atoms with Gasteiger partial charge >= 0.3 is 0 Å². The number of amides is 1. The molecule has 0 spiro atoms. The van der Waals surface area contributed by atoms with E-state index in [1.165, 1.54) is 23.3 Å². The zero-order valence-electron chi connectivity index (χ0n) is 11.8. The predicted octanol–water partition coefficient (Wildman–Crippen LogP) is 3.56. The largest absolute Gasteiger partial charge is 0.467 e. The van der Waals surface area contributed by atoms with Gasteiger partial charge in [0.1, 0.15) is 11.6 Å². The quantitative estimate of drug-likeness (QED) is 0.817. The number of furan rings is 1. The molecule has 4 nitrogen and oxygen atoms in total. The van der Waals surface area contributed by atoms with E-state index in [0.29, 0.717) is 5.76 Å². The molecule has 0 aliphatic heterocycles. The van der Waals surface area contributed by atoms with Crippen molar-refractivity contribution in [1.29, 1.82) is 5.26 Å². The van der Waals surface area contributed by atoms with E-state index in [1.54, 1.807) is 18.2 Å². The van der Waals surface area contributed by atoms with E-state index in [2.05, 4.69) is 0 Å². The Morgan fingerprint density at radius 3 is 2.82 bits per heavy atom. The third-order valence-electron chi connectivity index (χ3n) is 3.16. The van der Waals surface area contributed by atoms with E-state index in [4.69, 9.17) is 21.3 Å². The van der Waals surface area contributed by atoms with Gasteiger partial charge in [-0.1, -0.05) is 17.7 Å². The maximum atomic E-state index is 13.8. The summed E-state index contributed by atoms with van der Waals surface area (Å²) in [4.78, 5) is 13.9. The molecule has 2 aromatic rings. The maximum Gasteiger partial charge on any atom is 0.227 e. The summed E-state index contributed by atoms with van der Waals surface area (Å²) in [7, 11) is 0. The highest BCUT2D eigenvalue weighted by Crippen LogP contribution is 2.20. The molecule has 1 heterocycles. The molecule has 0 unspecified atom stereocenters. The molecule has 0 fully saturated rings. The van der Waals surface area contributed by atoms with Crippen LogP contribution in [0.1, 0.15) is 17.7 Å². The highest BCUT2D eigenvalue weighted by Gasteiger charge is 2.19. The van der Waals surface area contributed by atoms with Crippen molar-refractivity contribution >= 4 is 17.5 Å². The van der Waals surface area contributed by atoms with E-state index in [-0.39, 0.29) is 42.4 Å². The Morgan fingerprint density at radius 2 is 2.18 bits per heavy atom. The molecule has 0 N–H and O–H groups in total. The van der Waals surface area contributed by atoms with Crippen LogP contribution in [0.3, 0.4) is 0 Å². The Bertz CT molecular complexity index is 660. The summed E-state index contributed by atoms with van der Waals surface area (Å²) < 4.78 is 19.0. The van der Waals surface area contributed by atoms with Crippen molar-refractivity contribution in [2.45, 2.75) is 19.4 Å². The van der Waals surface area contributed by atoms with Crippen LogP contribution < -0.4 is 0 Å². The number of benzene rings is 1. The zero-order valence-corrected chi connectivity index (χ0v) is 12.5. The molecule has 0 radical (unpaired) electrons. The number of hydrogen-bond acceptors (Lipinski definition) is 3. The van der Waals surface area contributed by atoms with Gasteiger partial charge in [-0.25, -0.2) is 4.39 Å². The summed E-state index contributed by atoms with van der Waals surface area (Å²) in [5.74, 6) is -0.219. The van der Waals surface area contributed by atoms with Crippen LogP contribution in [0.5, 0.6) is 0 Å². The van der Waals surface area contributed by atoms with Crippen LogP contribution in [0.2, 0.25) is 5.02 Å². The number of rotatable bonds is 6. The molecular weight excluding hydrogens is 307 g/mol. The number of carbonyl (C=O) groups is 1. The van der Waals surface area contributed by atoms with Crippen LogP contribution in [-0.2, 0) is 17.8 Å².